The third kappa shape index (κ3) is 3.77. The number of hydrogen-bond acceptors (Lipinski definition) is 3. The maximum Gasteiger partial charge on any atom is 0.0758 e. The Labute approximate surface area is 116 Å². The number of nitrogens with zero attached hydrogens (tertiary/aromatic N) is 1. The Morgan fingerprint density at radius 3 is 3.00 bits per heavy atom. The maximum atomic E-state index is 5.95. The number of aryl methyl sites for hydroxylation is 1. The standard InChI is InChI=1S/C16H26N2O/c1-4-8-17-15(16-13(3)7-10-19-16)11-14-12(2)6-5-9-18-14/h5-6,9,13,15-17H,4,7-8,10-11H2,1-3H3. The second kappa shape index (κ2) is 7.01. The van der Waals surface area contributed by atoms with Crippen molar-refractivity contribution >= 4 is 0 Å². The average molecular weight is 262 g/mol. The van der Waals surface area contributed by atoms with Crippen LogP contribution >= 0.6 is 0 Å². The molecule has 2 rings (SSSR count). The van der Waals surface area contributed by atoms with Crippen LogP contribution in [0.5, 0.6) is 0 Å². The largest absolute Gasteiger partial charge is 0.376 e. The normalized spacial score (nSPS) is 24.6. The van der Waals surface area contributed by atoms with Gasteiger partial charge < -0.3 is 10.1 Å². The van der Waals surface area contributed by atoms with Crippen LogP contribution in [-0.2, 0) is 11.2 Å². The fourth-order valence-electron chi connectivity index (χ4n) is 2.81. The van der Waals surface area contributed by atoms with E-state index in [1.807, 2.05) is 12.3 Å². The van der Waals surface area contributed by atoms with E-state index in [-0.39, 0.29) is 0 Å². The zero-order chi connectivity index (χ0) is 13.7. The molecule has 1 aromatic heterocycles. The zero-order valence-electron chi connectivity index (χ0n) is 12.4. The average Bonchev–Trinajstić information content (AvgIpc) is 2.83. The van der Waals surface area contributed by atoms with Gasteiger partial charge in [0.1, 0.15) is 0 Å². The molecular weight excluding hydrogens is 236 g/mol. The lowest BCUT2D eigenvalue weighted by Gasteiger charge is -2.27. The molecule has 3 nitrogen and oxygen atoms in total. The molecule has 3 atom stereocenters. The quantitative estimate of drug-likeness (QED) is 0.856. The molecule has 1 aromatic rings. The fourth-order valence-corrected chi connectivity index (χ4v) is 2.81. The van der Waals surface area contributed by atoms with Gasteiger partial charge in [-0.25, -0.2) is 0 Å². The first kappa shape index (κ1) is 14.5. The van der Waals surface area contributed by atoms with Crippen LogP contribution in [0.2, 0.25) is 0 Å². The molecule has 0 bridgehead atoms. The lowest BCUT2D eigenvalue weighted by molar-refractivity contribution is 0.0607. The second-order valence-electron chi connectivity index (χ2n) is 5.63. The summed E-state index contributed by atoms with van der Waals surface area (Å²) in [7, 11) is 0. The minimum atomic E-state index is 0.327. The van der Waals surface area contributed by atoms with Gasteiger partial charge >= 0.3 is 0 Å². The summed E-state index contributed by atoms with van der Waals surface area (Å²) >= 11 is 0. The summed E-state index contributed by atoms with van der Waals surface area (Å²) in [6, 6.07) is 4.52. The highest BCUT2D eigenvalue weighted by molar-refractivity contribution is 5.19. The van der Waals surface area contributed by atoms with Crippen molar-refractivity contribution in [1.82, 2.24) is 10.3 Å². The van der Waals surface area contributed by atoms with Crippen molar-refractivity contribution in [1.29, 1.82) is 0 Å². The van der Waals surface area contributed by atoms with E-state index < -0.39 is 0 Å². The van der Waals surface area contributed by atoms with E-state index in [0.717, 1.165) is 26.0 Å². The first-order valence-corrected chi connectivity index (χ1v) is 7.47. The molecule has 1 saturated heterocycles. The van der Waals surface area contributed by atoms with Crippen molar-refractivity contribution in [3.05, 3.63) is 29.6 Å². The monoisotopic (exact) mass is 262 g/mol. The molecule has 106 valence electrons. The lowest BCUT2D eigenvalue weighted by Crippen LogP contribution is -2.44. The van der Waals surface area contributed by atoms with Gasteiger partial charge in [-0.3, -0.25) is 4.98 Å². The van der Waals surface area contributed by atoms with Crippen LogP contribution in [-0.4, -0.2) is 30.3 Å². The molecule has 19 heavy (non-hydrogen) atoms. The summed E-state index contributed by atoms with van der Waals surface area (Å²) in [5, 5.41) is 3.65. The van der Waals surface area contributed by atoms with Crippen LogP contribution in [0.3, 0.4) is 0 Å². The summed E-state index contributed by atoms with van der Waals surface area (Å²) in [6.07, 6.45) is 5.50. The van der Waals surface area contributed by atoms with Gasteiger partial charge in [-0.15, -0.1) is 0 Å². The van der Waals surface area contributed by atoms with Gasteiger partial charge in [0.15, 0.2) is 0 Å². The second-order valence-corrected chi connectivity index (χ2v) is 5.63. The van der Waals surface area contributed by atoms with Crippen molar-refractivity contribution < 1.29 is 4.74 Å². The molecule has 0 saturated carbocycles. The van der Waals surface area contributed by atoms with Crippen molar-refractivity contribution in [2.45, 2.75) is 52.2 Å². The number of ether oxygens (including phenoxy) is 1. The molecule has 1 fully saturated rings. The van der Waals surface area contributed by atoms with Crippen LogP contribution in [0.1, 0.15) is 37.9 Å². The van der Waals surface area contributed by atoms with E-state index in [0.29, 0.717) is 18.1 Å². The molecule has 1 aliphatic heterocycles. The highest BCUT2D eigenvalue weighted by Crippen LogP contribution is 2.25. The molecule has 1 N–H and O–H groups in total. The summed E-state index contributed by atoms with van der Waals surface area (Å²) < 4.78 is 5.95. The Balaban J connectivity index is 2.07. The molecule has 3 heteroatoms. The number of nitrogens with one attached hydrogen (secondary N) is 1. The van der Waals surface area contributed by atoms with Gasteiger partial charge in [0.2, 0.25) is 0 Å². The Kier molecular flexibility index (Phi) is 5.34. The Morgan fingerprint density at radius 2 is 2.37 bits per heavy atom. The molecule has 1 aliphatic rings. The Morgan fingerprint density at radius 1 is 1.53 bits per heavy atom. The van der Waals surface area contributed by atoms with Crippen LogP contribution in [0.4, 0.5) is 0 Å². The lowest BCUT2D eigenvalue weighted by atomic mass is 9.93. The number of hydrogen-bond donors (Lipinski definition) is 1. The summed E-state index contributed by atoms with van der Waals surface area (Å²) in [4.78, 5) is 4.53. The van der Waals surface area contributed by atoms with Crippen molar-refractivity contribution in [3.8, 4) is 0 Å². The van der Waals surface area contributed by atoms with Gasteiger partial charge in [0.25, 0.3) is 0 Å². The number of aromatic nitrogens is 1. The van der Waals surface area contributed by atoms with E-state index in [1.54, 1.807) is 0 Å². The Bertz CT molecular complexity index is 394. The highest BCUT2D eigenvalue weighted by Gasteiger charge is 2.32. The van der Waals surface area contributed by atoms with Gasteiger partial charge in [-0.05, 0) is 43.9 Å². The molecule has 0 aliphatic carbocycles. The fraction of sp³-hybridized carbons (Fsp3) is 0.688. The third-order valence-corrected chi connectivity index (χ3v) is 4.03. The smallest absolute Gasteiger partial charge is 0.0758 e. The van der Waals surface area contributed by atoms with Crippen LogP contribution < -0.4 is 5.32 Å². The van der Waals surface area contributed by atoms with Crippen molar-refractivity contribution in [3.63, 3.8) is 0 Å². The summed E-state index contributed by atoms with van der Waals surface area (Å²) in [6.45, 7) is 8.58. The van der Waals surface area contributed by atoms with Crippen molar-refractivity contribution in [2.75, 3.05) is 13.2 Å². The molecule has 0 aromatic carbocycles. The maximum absolute atomic E-state index is 5.95. The SMILES string of the molecule is CCCNC(Cc1ncccc1C)C1OCCC1C. The molecule has 0 radical (unpaired) electrons. The van der Waals surface area contributed by atoms with E-state index in [9.17, 15) is 0 Å². The van der Waals surface area contributed by atoms with Gasteiger partial charge in [-0.1, -0.05) is 19.9 Å². The van der Waals surface area contributed by atoms with Gasteiger partial charge in [0, 0.05) is 31.0 Å². The van der Waals surface area contributed by atoms with Crippen molar-refractivity contribution in [2.24, 2.45) is 5.92 Å². The summed E-state index contributed by atoms with van der Waals surface area (Å²) in [5.74, 6) is 0.637. The minimum Gasteiger partial charge on any atom is -0.376 e. The van der Waals surface area contributed by atoms with E-state index in [1.165, 1.54) is 17.7 Å². The van der Waals surface area contributed by atoms with Crippen LogP contribution in [0, 0.1) is 12.8 Å². The van der Waals surface area contributed by atoms with E-state index in [2.05, 4.69) is 37.1 Å². The molecule has 0 amide bonds. The van der Waals surface area contributed by atoms with E-state index >= 15 is 0 Å². The minimum absolute atomic E-state index is 0.327. The van der Waals surface area contributed by atoms with Crippen LogP contribution in [0.25, 0.3) is 0 Å². The van der Waals surface area contributed by atoms with Gasteiger partial charge in [-0.2, -0.15) is 0 Å². The van der Waals surface area contributed by atoms with E-state index in [4.69, 9.17) is 4.74 Å². The third-order valence-electron chi connectivity index (χ3n) is 4.03. The topological polar surface area (TPSA) is 34.2 Å². The Hall–Kier alpha value is -0.930. The predicted molar refractivity (Wildman–Crippen MR) is 78.3 cm³/mol. The van der Waals surface area contributed by atoms with Gasteiger partial charge in [0.05, 0.1) is 6.10 Å². The molecular formula is C16H26N2O. The predicted octanol–water partition coefficient (Wildman–Crippen LogP) is 2.73. The first-order chi connectivity index (χ1) is 9.22. The van der Waals surface area contributed by atoms with Crippen LogP contribution in [0.15, 0.2) is 18.3 Å². The highest BCUT2D eigenvalue weighted by atomic mass is 16.5. The number of pyridine rings is 1. The zero-order valence-corrected chi connectivity index (χ0v) is 12.4. The molecule has 0 spiro atoms. The molecule has 3 unspecified atom stereocenters. The first-order valence-electron chi connectivity index (χ1n) is 7.47. The summed E-state index contributed by atoms with van der Waals surface area (Å²) in [5.41, 5.74) is 2.47. The molecule has 2 heterocycles. The number of rotatable bonds is 6.